The van der Waals surface area contributed by atoms with Gasteiger partial charge >= 0.3 is 17.9 Å². The van der Waals surface area contributed by atoms with Gasteiger partial charge in [-0.2, -0.15) is 0 Å². The van der Waals surface area contributed by atoms with Crippen LogP contribution in [0.5, 0.6) is 0 Å². The van der Waals surface area contributed by atoms with E-state index < -0.39 is 24.0 Å². The molecule has 6 heteroatoms. The van der Waals surface area contributed by atoms with E-state index in [0.717, 1.165) is 0 Å². The molecule has 112 valence electrons. The van der Waals surface area contributed by atoms with Crippen LogP contribution in [0.3, 0.4) is 0 Å². The maximum absolute atomic E-state index is 11.9. The van der Waals surface area contributed by atoms with E-state index in [9.17, 15) is 14.4 Å². The monoisotopic (exact) mass is 292 g/mol. The molecule has 0 saturated carbocycles. The quantitative estimate of drug-likeness (QED) is 0.637. The number of ether oxygens (including phenoxy) is 2. The van der Waals surface area contributed by atoms with E-state index in [4.69, 9.17) is 14.6 Å². The Labute approximate surface area is 122 Å². The zero-order valence-corrected chi connectivity index (χ0v) is 11.8. The number of benzene rings is 1. The SMILES string of the molecule is C=C(C)C(=O)OCC(C)OC(=O)c1ccccc1C(=O)O. The third-order valence-corrected chi connectivity index (χ3v) is 2.48. The molecule has 1 atom stereocenters. The fourth-order valence-electron chi connectivity index (χ4n) is 1.44. The lowest BCUT2D eigenvalue weighted by Crippen LogP contribution is -2.23. The molecule has 1 rings (SSSR count). The number of hydrogen-bond donors (Lipinski definition) is 1. The summed E-state index contributed by atoms with van der Waals surface area (Å²) < 4.78 is 9.90. The number of hydrogen-bond acceptors (Lipinski definition) is 5. The number of carbonyl (C=O) groups excluding carboxylic acids is 2. The Balaban J connectivity index is 2.67. The molecule has 6 nitrogen and oxygen atoms in total. The van der Waals surface area contributed by atoms with Gasteiger partial charge in [0, 0.05) is 5.57 Å². The van der Waals surface area contributed by atoms with Gasteiger partial charge in [0.15, 0.2) is 0 Å². The Morgan fingerprint density at radius 3 is 2.33 bits per heavy atom. The van der Waals surface area contributed by atoms with Crippen molar-refractivity contribution in [1.29, 1.82) is 0 Å². The zero-order chi connectivity index (χ0) is 16.0. The van der Waals surface area contributed by atoms with E-state index in [1.807, 2.05) is 0 Å². The lowest BCUT2D eigenvalue weighted by molar-refractivity contribution is -0.141. The molecule has 0 bridgehead atoms. The van der Waals surface area contributed by atoms with Gasteiger partial charge in [0.2, 0.25) is 0 Å². The van der Waals surface area contributed by atoms with Crippen molar-refractivity contribution in [3.8, 4) is 0 Å². The molecular weight excluding hydrogens is 276 g/mol. The minimum Gasteiger partial charge on any atom is -0.478 e. The molecule has 0 aliphatic carbocycles. The summed E-state index contributed by atoms with van der Waals surface area (Å²) in [6.45, 7) is 6.33. The van der Waals surface area contributed by atoms with Crippen molar-refractivity contribution in [1.82, 2.24) is 0 Å². The van der Waals surface area contributed by atoms with E-state index in [-0.39, 0.29) is 23.3 Å². The third-order valence-electron chi connectivity index (χ3n) is 2.48. The molecule has 0 aliphatic rings. The van der Waals surface area contributed by atoms with Crippen LogP contribution in [0.25, 0.3) is 0 Å². The average molecular weight is 292 g/mol. The van der Waals surface area contributed by atoms with Crippen LogP contribution in [0.2, 0.25) is 0 Å². The van der Waals surface area contributed by atoms with Crippen LogP contribution in [0, 0.1) is 0 Å². The Kier molecular flexibility index (Phi) is 5.66. The highest BCUT2D eigenvalue weighted by molar-refractivity contribution is 6.02. The minimum absolute atomic E-state index is 0.0527. The Bertz CT molecular complexity index is 575. The summed E-state index contributed by atoms with van der Waals surface area (Å²) >= 11 is 0. The predicted octanol–water partition coefficient (Wildman–Crippen LogP) is 2.05. The maximum atomic E-state index is 11.9. The molecule has 0 heterocycles. The van der Waals surface area contributed by atoms with Gasteiger partial charge in [-0.05, 0) is 26.0 Å². The van der Waals surface area contributed by atoms with Crippen molar-refractivity contribution in [2.24, 2.45) is 0 Å². The van der Waals surface area contributed by atoms with Gasteiger partial charge in [0.05, 0.1) is 11.1 Å². The molecular formula is C15H16O6. The summed E-state index contributed by atoms with van der Waals surface area (Å²) in [4.78, 5) is 34.1. The first-order valence-electron chi connectivity index (χ1n) is 6.19. The minimum atomic E-state index is -1.22. The summed E-state index contributed by atoms with van der Waals surface area (Å²) in [5, 5.41) is 9.00. The van der Waals surface area contributed by atoms with Crippen LogP contribution < -0.4 is 0 Å². The maximum Gasteiger partial charge on any atom is 0.339 e. The van der Waals surface area contributed by atoms with E-state index in [0.29, 0.717) is 0 Å². The first kappa shape index (κ1) is 16.4. The normalized spacial score (nSPS) is 11.3. The first-order chi connectivity index (χ1) is 9.82. The highest BCUT2D eigenvalue weighted by Gasteiger charge is 2.19. The standard InChI is InChI=1S/C15H16O6/c1-9(2)14(18)20-8-10(3)21-15(19)12-7-5-4-6-11(12)13(16)17/h4-7,10H,1,8H2,2-3H3,(H,16,17). The van der Waals surface area contributed by atoms with E-state index in [1.165, 1.54) is 38.1 Å². The molecule has 1 N–H and O–H groups in total. The number of carboxylic acid groups (broad SMARTS) is 1. The second-order valence-electron chi connectivity index (χ2n) is 4.45. The fourth-order valence-corrected chi connectivity index (χ4v) is 1.44. The number of carbonyl (C=O) groups is 3. The van der Waals surface area contributed by atoms with Gasteiger partial charge in [-0.1, -0.05) is 18.7 Å². The summed E-state index contributed by atoms with van der Waals surface area (Å²) in [5.74, 6) is -2.58. The molecule has 0 fully saturated rings. The molecule has 1 unspecified atom stereocenters. The van der Waals surface area contributed by atoms with Gasteiger partial charge in [-0.25, -0.2) is 14.4 Å². The first-order valence-corrected chi connectivity index (χ1v) is 6.19. The lowest BCUT2D eigenvalue weighted by atomic mass is 10.1. The van der Waals surface area contributed by atoms with Crippen molar-refractivity contribution >= 4 is 17.9 Å². The topological polar surface area (TPSA) is 89.9 Å². The molecule has 0 aromatic heterocycles. The Hall–Kier alpha value is -2.63. The smallest absolute Gasteiger partial charge is 0.339 e. The Morgan fingerprint density at radius 1 is 1.24 bits per heavy atom. The van der Waals surface area contributed by atoms with Gasteiger partial charge < -0.3 is 14.6 Å². The second kappa shape index (κ2) is 7.23. The summed E-state index contributed by atoms with van der Waals surface area (Å²) in [7, 11) is 0. The number of aromatic carboxylic acids is 1. The molecule has 0 amide bonds. The molecule has 1 aromatic carbocycles. The average Bonchev–Trinajstić information content (AvgIpc) is 2.44. The highest BCUT2D eigenvalue weighted by Crippen LogP contribution is 2.11. The van der Waals surface area contributed by atoms with Crippen LogP contribution in [0.15, 0.2) is 36.4 Å². The van der Waals surface area contributed by atoms with Crippen LogP contribution >= 0.6 is 0 Å². The Morgan fingerprint density at radius 2 is 1.81 bits per heavy atom. The second-order valence-corrected chi connectivity index (χ2v) is 4.45. The summed E-state index contributed by atoms with van der Waals surface area (Å²) in [5.41, 5.74) is 0.0430. The number of carboxylic acids is 1. The zero-order valence-electron chi connectivity index (χ0n) is 11.8. The lowest BCUT2D eigenvalue weighted by Gasteiger charge is -2.14. The third kappa shape index (κ3) is 4.76. The van der Waals surface area contributed by atoms with Crippen molar-refractivity contribution in [3.63, 3.8) is 0 Å². The van der Waals surface area contributed by atoms with Gasteiger partial charge in [0.1, 0.15) is 12.7 Å². The molecule has 1 aromatic rings. The summed E-state index contributed by atoms with van der Waals surface area (Å²) in [6.07, 6.45) is -0.706. The van der Waals surface area contributed by atoms with Crippen LogP contribution in [-0.2, 0) is 14.3 Å². The van der Waals surface area contributed by atoms with Gasteiger partial charge in [0.25, 0.3) is 0 Å². The molecule has 0 spiro atoms. The van der Waals surface area contributed by atoms with E-state index in [1.54, 1.807) is 0 Å². The van der Waals surface area contributed by atoms with Crippen LogP contribution in [0.4, 0.5) is 0 Å². The van der Waals surface area contributed by atoms with Crippen molar-refractivity contribution in [2.45, 2.75) is 20.0 Å². The molecule has 0 saturated heterocycles. The highest BCUT2D eigenvalue weighted by atomic mass is 16.6. The van der Waals surface area contributed by atoms with Crippen LogP contribution in [0.1, 0.15) is 34.6 Å². The molecule has 0 radical (unpaired) electrons. The van der Waals surface area contributed by atoms with Gasteiger partial charge in [-0.3, -0.25) is 0 Å². The molecule has 21 heavy (non-hydrogen) atoms. The number of esters is 2. The predicted molar refractivity (Wildman–Crippen MR) is 74.1 cm³/mol. The van der Waals surface area contributed by atoms with Crippen molar-refractivity contribution < 1.29 is 29.0 Å². The van der Waals surface area contributed by atoms with E-state index in [2.05, 4.69) is 6.58 Å². The van der Waals surface area contributed by atoms with Gasteiger partial charge in [-0.15, -0.1) is 0 Å². The largest absolute Gasteiger partial charge is 0.478 e. The van der Waals surface area contributed by atoms with Crippen molar-refractivity contribution in [3.05, 3.63) is 47.5 Å². The molecule has 0 aliphatic heterocycles. The van der Waals surface area contributed by atoms with E-state index >= 15 is 0 Å². The fraction of sp³-hybridized carbons (Fsp3) is 0.267. The summed E-state index contributed by atoms with van der Waals surface area (Å²) in [6, 6.07) is 5.72. The number of rotatable bonds is 6. The van der Waals surface area contributed by atoms with Crippen molar-refractivity contribution in [2.75, 3.05) is 6.61 Å². The van der Waals surface area contributed by atoms with Crippen LogP contribution in [-0.4, -0.2) is 35.7 Å².